The summed E-state index contributed by atoms with van der Waals surface area (Å²) in [5.74, 6) is 0. The molecule has 0 aliphatic rings. The predicted octanol–water partition coefficient (Wildman–Crippen LogP) is 1.42. The molecule has 9 heavy (non-hydrogen) atoms. The van der Waals surface area contributed by atoms with Gasteiger partial charge in [-0.05, 0) is 31.6 Å². The summed E-state index contributed by atoms with van der Waals surface area (Å²) in [5, 5.41) is 3.14. The van der Waals surface area contributed by atoms with Gasteiger partial charge in [-0.2, -0.15) is 0 Å². The third kappa shape index (κ3) is 1.50. The van der Waals surface area contributed by atoms with Crippen molar-refractivity contribution < 1.29 is 0 Å². The molecule has 1 aromatic heterocycles. The minimum atomic E-state index is 0.442. The lowest BCUT2D eigenvalue weighted by Crippen LogP contribution is -2.10. The Morgan fingerprint density at radius 2 is 2.56 bits per heavy atom. The van der Waals surface area contributed by atoms with Gasteiger partial charge in [0.25, 0.3) is 0 Å². The lowest BCUT2D eigenvalue weighted by Gasteiger charge is -2.03. The highest BCUT2D eigenvalue weighted by molar-refractivity contribution is 7.05. The van der Waals surface area contributed by atoms with Gasteiger partial charge in [0.1, 0.15) is 0 Å². The lowest BCUT2D eigenvalue weighted by atomic mass is 10.3. The molecule has 2 nitrogen and oxygen atoms in total. The maximum absolute atomic E-state index is 3.99. The van der Waals surface area contributed by atoms with Crippen LogP contribution in [0.15, 0.2) is 12.3 Å². The molecule has 1 unspecified atom stereocenters. The van der Waals surface area contributed by atoms with Gasteiger partial charge in [-0.15, -0.1) is 0 Å². The van der Waals surface area contributed by atoms with Crippen LogP contribution in [0.1, 0.15) is 17.8 Å². The summed E-state index contributed by atoms with van der Waals surface area (Å²) in [6.07, 6.45) is 1.83. The highest BCUT2D eigenvalue weighted by atomic mass is 32.1. The van der Waals surface area contributed by atoms with Crippen LogP contribution in [-0.4, -0.2) is 11.4 Å². The van der Waals surface area contributed by atoms with Crippen molar-refractivity contribution in [2.45, 2.75) is 13.0 Å². The van der Waals surface area contributed by atoms with Gasteiger partial charge in [0, 0.05) is 17.1 Å². The summed E-state index contributed by atoms with van der Waals surface area (Å²) in [5.41, 5.74) is 0. The average molecular weight is 142 g/mol. The van der Waals surface area contributed by atoms with E-state index < -0.39 is 0 Å². The zero-order valence-electron chi connectivity index (χ0n) is 5.59. The zero-order chi connectivity index (χ0) is 6.69. The summed E-state index contributed by atoms with van der Waals surface area (Å²) in [7, 11) is 1.95. The number of nitrogens with zero attached hydrogens (tertiary/aromatic N) is 1. The Labute approximate surface area is 59.1 Å². The second kappa shape index (κ2) is 2.94. The highest BCUT2D eigenvalue weighted by Gasteiger charge is 2.01. The molecule has 0 fully saturated rings. The molecule has 1 atom stereocenters. The molecule has 0 bridgehead atoms. The van der Waals surface area contributed by atoms with E-state index in [1.807, 2.05) is 19.3 Å². The first kappa shape index (κ1) is 6.71. The van der Waals surface area contributed by atoms with Gasteiger partial charge in [-0.25, -0.2) is 4.37 Å². The zero-order valence-corrected chi connectivity index (χ0v) is 6.40. The molecule has 1 heterocycles. The molecule has 1 rings (SSSR count). The van der Waals surface area contributed by atoms with E-state index in [1.165, 1.54) is 4.88 Å². The minimum absolute atomic E-state index is 0.442. The Morgan fingerprint density at radius 3 is 3.00 bits per heavy atom. The number of hydrogen-bond acceptors (Lipinski definition) is 3. The van der Waals surface area contributed by atoms with Crippen molar-refractivity contribution in [1.82, 2.24) is 9.69 Å². The Hall–Kier alpha value is -0.410. The molecule has 0 spiro atoms. The van der Waals surface area contributed by atoms with Crippen LogP contribution in [0.25, 0.3) is 0 Å². The van der Waals surface area contributed by atoms with E-state index in [4.69, 9.17) is 0 Å². The second-order valence-electron chi connectivity index (χ2n) is 1.93. The van der Waals surface area contributed by atoms with E-state index in [2.05, 4.69) is 16.6 Å². The van der Waals surface area contributed by atoms with E-state index in [1.54, 1.807) is 11.5 Å². The standard InChI is InChI=1S/C6H10N2S/c1-5(7-2)6-3-4-8-9-6/h3-5,7H,1-2H3. The third-order valence-electron chi connectivity index (χ3n) is 1.32. The second-order valence-corrected chi connectivity index (χ2v) is 2.79. The van der Waals surface area contributed by atoms with Crippen molar-refractivity contribution in [1.29, 1.82) is 0 Å². The predicted molar refractivity (Wildman–Crippen MR) is 39.6 cm³/mol. The molecule has 1 N–H and O–H groups in total. The Balaban J connectivity index is 2.65. The fourth-order valence-corrected chi connectivity index (χ4v) is 1.23. The van der Waals surface area contributed by atoms with Gasteiger partial charge in [0.15, 0.2) is 0 Å². The van der Waals surface area contributed by atoms with Crippen LogP contribution in [0.5, 0.6) is 0 Å². The first-order valence-corrected chi connectivity index (χ1v) is 3.70. The summed E-state index contributed by atoms with van der Waals surface area (Å²) in [6.45, 7) is 2.12. The molecule has 0 saturated carbocycles. The van der Waals surface area contributed by atoms with Gasteiger partial charge < -0.3 is 5.32 Å². The van der Waals surface area contributed by atoms with Crippen LogP contribution in [0.4, 0.5) is 0 Å². The number of rotatable bonds is 2. The maximum Gasteiger partial charge on any atom is 0.0419 e. The van der Waals surface area contributed by atoms with Crippen LogP contribution in [0, 0.1) is 0 Å². The van der Waals surface area contributed by atoms with Gasteiger partial charge in [0.05, 0.1) is 0 Å². The molecule has 0 amide bonds. The molecule has 50 valence electrons. The largest absolute Gasteiger partial charge is 0.313 e. The first-order chi connectivity index (χ1) is 4.34. The molecular formula is C6H10N2S. The molecule has 0 saturated heterocycles. The number of nitrogens with one attached hydrogen (secondary N) is 1. The lowest BCUT2D eigenvalue weighted by molar-refractivity contribution is 0.664. The fourth-order valence-electron chi connectivity index (χ4n) is 0.591. The van der Waals surface area contributed by atoms with Crippen molar-refractivity contribution in [3.05, 3.63) is 17.1 Å². The van der Waals surface area contributed by atoms with Crippen molar-refractivity contribution in [2.75, 3.05) is 7.05 Å². The van der Waals surface area contributed by atoms with Crippen molar-refractivity contribution >= 4 is 11.5 Å². The summed E-state index contributed by atoms with van der Waals surface area (Å²) >= 11 is 1.54. The van der Waals surface area contributed by atoms with Crippen molar-refractivity contribution in [3.8, 4) is 0 Å². The van der Waals surface area contributed by atoms with Crippen LogP contribution >= 0.6 is 11.5 Å². The smallest absolute Gasteiger partial charge is 0.0419 e. The van der Waals surface area contributed by atoms with Crippen LogP contribution in [-0.2, 0) is 0 Å². The normalized spacial score (nSPS) is 13.6. The molecular weight excluding hydrogens is 132 g/mol. The maximum atomic E-state index is 3.99. The fraction of sp³-hybridized carbons (Fsp3) is 0.500. The number of aromatic nitrogens is 1. The molecule has 1 aromatic rings. The SMILES string of the molecule is CNC(C)c1ccns1. The van der Waals surface area contributed by atoms with E-state index in [-0.39, 0.29) is 0 Å². The molecule has 3 heteroatoms. The Bertz CT molecular complexity index is 160. The molecule has 0 aliphatic carbocycles. The summed E-state index contributed by atoms with van der Waals surface area (Å²) < 4.78 is 3.99. The molecule has 0 aliphatic heterocycles. The third-order valence-corrected chi connectivity index (χ3v) is 2.25. The van der Waals surface area contributed by atoms with E-state index in [9.17, 15) is 0 Å². The molecule has 0 radical (unpaired) electrons. The van der Waals surface area contributed by atoms with Crippen LogP contribution in [0.3, 0.4) is 0 Å². The average Bonchev–Trinajstić information content (AvgIpc) is 2.37. The highest BCUT2D eigenvalue weighted by Crippen LogP contribution is 2.14. The molecule has 0 aromatic carbocycles. The van der Waals surface area contributed by atoms with Gasteiger partial charge in [-0.3, -0.25) is 0 Å². The van der Waals surface area contributed by atoms with E-state index in [0.29, 0.717) is 6.04 Å². The first-order valence-electron chi connectivity index (χ1n) is 2.92. The van der Waals surface area contributed by atoms with E-state index in [0.717, 1.165) is 0 Å². The Kier molecular flexibility index (Phi) is 2.19. The summed E-state index contributed by atoms with van der Waals surface area (Å²) in [6, 6.07) is 2.48. The van der Waals surface area contributed by atoms with Crippen LogP contribution < -0.4 is 5.32 Å². The van der Waals surface area contributed by atoms with Crippen LogP contribution in [0.2, 0.25) is 0 Å². The summed E-state index contributed by atoms with van der Waals surface area (Å²) in [4.78, 5) is 1.29. The number of hydrogen-bond donors (Lipinski definition) is 1. The van der Waals surface area contributed by atoms with Gasteiger partial charge in [0.2, 0.25) is 0 Å². The van der Waals surface area contributed by atoms with Gasteiger partial charge >= 0.3 is 0 Å². The van der Waals surface area contributed by atoms with Crippen molar-refractivity contribution in [3.63, 3.8) is 0 Å². The topological polar surface area (TPSA) is 24.9 Å². The monoisotopic (exact) mass is 142 g/mol. The van der Waals surface area contributed by atoms with Gasteiger partial charge in [-0.1, -0.05) is 0 Å². The Morgan fingerprint density at radius 1 is 1.78 bits per heavy atom. The minimum Gasteiger partial charge on any atom is -0.313 e. The van der Waals surface area contributed by atoms with E-state index >= 15 is 0 Å². The quantitative estimate of drug-likeness (QED) is 0.675. The van der Waals surface area contributed by atoms with Crippen molar-refractivity contribution in [2.24, 2.45) is 0 Å².